The number of benzene rings is 2. The molecule has 0 saturated carbocycles. The Hall–Kier alpha value is -3.60. The topological polar surface area (TPSA) is 40.8 Å². The van der Waals surface area contributed by atoms with Crippen LogP contribution < -0.4 is 5.01 Å². The zero-order chi connectivity index (χ0) is 18.4. The van der Waals surface area contributed by atoms with E-state index in [1.54, 1.807) is 6.92 Å². The van der Waals surface area contributed by atoms with Gasteiger partial charge in [-0.2, -0.15) is 0 Å². The van der Waals surface area contributed by atoms with Gasteiger partial charge in [0.25, 0.3) is 0 Å². The molecule has 5 rings (SSSR count). The first-order valence-electron chi connectivity index (χ1n) is 8.91. The van der Waals surface area contributed by atoms with Crippen molar-refractivity contribution in [1.29, 1.82) is 0 Å². The van der Waals surface area contributed by atoms with Crippen molar-refractivity contribution in [3.05, 3.63) is 90.3 Å². The third kappa shape index (κ3) is 2.39. The SMILES string of the molecule is CC(=O)C1=NN(c2ccccc2)C2c3cccn3C=C(c3ccccc3)N12. The van der Waals surface area contributed by atoms with E-state index in [1.807, 2.05) is 70.7 Å². The standard InChI is InChI=1S/C22H18N4O/c1-16(27)21-23-26(18-11-6-3-7-12-18)22-19-13-8-14-24(19)15-20(25(21)22)17-9-4-2-5-10-17/h2-15,22H,1H3. The van der Waals surface area contributed by atoms with Crippen molar-refractivity contribution in [2.24, 2.45) is 5.10 Å². The van der Waals surface area contributed by atoms with E-state index >= 15 is 0 Å². The average Bonchev–Trinajstić information content (AvgIpc) is 3.33. The molecule has 132 valence electrons. The molecule has 5 nitrogen and oxygen atoms in total. The van der Waals surface area contributed by atoms with E-state index in [4.69, 9.17) is 5.10 Å². The van der Waals surface area contributed by atoms with Crippen LogP contribution in [0.5, 0.6) is 0 Å². The Labute approximate surface area is 157 Å². The number of Topliss-reactive ketones (excluding diaryl/α,β-unsaturated/α-hetero) is 1. The van der Waals surface area contributed by atoms with E-state index in [1.165, 1.54) is 0 Å². The number of anilines is 1. The van der Waals surface area contributed by atoms with Crippen molar-refractivity contribution in [2.75, 3.05) is 5.01 Å². The molecule has 0 N–H and O–H groups in total. The molecule has 3 heterocycles. The number of hydrogen-bond acceptors (Lipinski definition) is 4. The Balaban J connectivity index is 1.73. The summed E-state index contributed by atoms with van der Waals surface area (Å²) in [5, 5.41) is 6.66. The van der Waals surface area contributed by atoms with Gasteiger partial charge in [0.2, 0.25) is 0 Å². The largest absolute Gasteiger partial charge is 0.322 e. The van der Waals surface area contributed by atoms with Crippen molar-refractivity contribution in [3.63, 3.8) is 0 Å². The van der Waals surface area contributed by atoms with Gasteiger partial charge in [0.05, 0.1) is 17.1 Å². The summed E-state index contributed by atoms with van der Waals surface area (Å²) in [6, 6.07) is 24.2. The van der Waals surface area contributed by atoms with Crippen LogP contribution >= 0.6 is 0 Å². The van der Waals surface area contributed by atoms with Crippen LogP contribution in [0.1, 0.15) is 24.3 Å². The second kappa shape index (κ2) is 5.99. The maximum Gasteiger partial charge on any atom is 0.198 e. The molecule has 2 aliphatic rings. The van der Waals surface area contributed by atoms with Crippen LogP contribution in [0.2, 0.25) is 0 Å². The Kier molecular flexibility index (Phi) is 3.47. The molecule has 3 aromatic rings. The molecule has 1 atom stereocenters. The van der Waals surface area contributed by atoms with E-state index in [0.29, 0.717) is 5.84 Å². The molecule has 5 heteroatoms. The molecule has 2 aromatic carbocycles. The summed E-state index contributed by atoms with van der Waals surface area (Å²) >= 11 is 0. The van der Waals surface area contributed by atoms with Gasteiger partial charge in [-0.15, -0.1) is 5.10 Å². The highest BCUT2D eigenvalue weighted by atomic mass is 16.1. The molecule has 0 saturated heterocycles. The smallest absolute Gasteiger partial charge is 0.198 e. The van der Waals surface area contributed by atoms with Gasteiger partial charge in [-0.05, 0) is 29.8 Å². The summed E-state index contributed by atoms with van der Waals surface area (Å²) in [6.45, 7) is 1.57. The third-order valence-corrected chi connectivity index (χ3v) is 4.91. The van der Waals surface area contributed by atoms with E-state index in [0.717, 1.165) is 22.6 Å². The number of hydrogen-bond donors (Lipinski definition) is 0. The lowest BCUT2D eigenvalue weighted by Gasteiger charge is -2.36. The summed E-state index contributed by atoms with van der Waals surface area (Å²) in [7, 11) is 0. The fraction of sp³-hybridized carbons (Fsp3) is 0.0909. The van der Waals surface area contributed by atoms with Gasteiger partial charge >= 0.3 is 0 Å². The number of fused-ring (bicyclic) bond motifs is 3. The van der Waals surface area contributed by atoms with Crippen LogP contribution in [-0.2, 0) is 4.79 Å². The van der Waals surface area contributed by atoms with Crippen LogP contribution in [0.25, 0.3) is 11.9 Å². The predicted octanol–water partition coefficient (Wildman–Crippen LogP) is 4.18. The number of amidine groups is 1. The summed E-state index contributed by atoms with van der Waals surface area (Å²) in [4.78, 5) is 14.5. The molecule has 0 amide bonds. The number of hydrazone groups is 1. The highest BCUT2D eigenvalue weighted by Crippen LogP contribution is 2.43. The van der Waals surface area contributed by atoms with Gasteiger partial charge in [-0.3, -0.25) is 9.69 Å². The molecule has 2 aliphatic heterocycles. The van der Waals surface area contributed by atoms with E-state index in [9.17, 15) is 4.79 Å². The van der Waals surface area contributed by atoms with Crippen LogP contribution in [0.15, 0.2) is 84.1 Å². The Morgan fingerprint density at radius 3 is 2.33 bits per heavy atom. The minimum atomic E-state index is -0.207. The van der Waals surface area contributed by atoms with E-state index in [2.05, 4.69) is 29.0 Å². The summed E-state index contributed by atoms with van der Waals surface area (Å²) in [5.41, 5.74) is 4.02. The summed E-state index contributed by atoms with van der Waals surface area (Å²) in [5.74, 6) is 0.395. The van der Waals surface area contributed by atoms with Crippen molar-refractivity contribution >= 4 is 29.2 Å². The fourth-order valence-corrected chi connectivity index (χ4v) is 3.71. The third-order valence-electron chi connectivity index (χ3n) is 4.91. The van der Waals surface area contributed by atoms with E-state index in [-0.39, 0.29) is 11.9 Å². The lowest BCUT2D eigenvalue weighted by Crippen LogP contribution is -2.39. The Bertz CT molecular complexity index is 1070. The van der Waals surface area contributed by atoms with Gasteiger partial charge in [0, 0.05) is 19.3 Å². The Morgan fingerprint density at radius 1 is 0.926 bits per heavy atom. The summed E-state index contributed by atoms with van der Waals surface area (Å²) in [6.07, 6.45) is 3.89. The maximum atomic E-state index is 12.5. The lowest BCUT2D eigenvalue weighted by atomic mass is 10.1. The van der Waals surface area contributed by atoms with Crippen molar-refractivity contribution in [1.82, 2.24) is 9.47 Å². The number of carbonyl (C=O) groups excluding carboxylic acids is 1. The minimum absolute atomic E-state index is 0.0553. The van der Waals surface area contributed by atoms with Gasteiger partial charge in [-0.1, -0.05) is 48.5 Å². The van der Waals surface area contributed by atoms with Crippen LogP contribution in [0.4, 0.5) is 5.69 Å². The van der Waals surface area contributed by atoms with Crippen molar-refractivity contribution in [2.45, 2.75) is 13.1 Å². The number of carbonyl (C=O) groups is 1. The first-order valence-corrected chi connectivity index (χ1v) is 8.91. The number of para-hydroxylation sites is 1. The zero-order valence-corrected chi connectivity index (χ0v) is 14.9. The maximum absolute atomic E-state index is 12.5. The van der Waals surface area contributed by atoms with Crippen LogP contribution in [0.3, 0.4) is 0 Å². The molecule has 0 aliphatic carbocycles. The zero-order valence-electron chi connectivity index (χ0n) is 14.9. The number of nitrogens with zero attached hydrogens (tertiary/aromatic N) is 4. The fourth-order valence-electron chi connectivity index (χ4n) is 3.71. The van der Waals surface area contributed by atoms with Gasteiger partial charge in [0.15, 0.2) is 17.8 Å². The van der Waals surface area contributed by atoms with Crippen LogP contribution in [0, 0.1) is 0 Å². The average molecular weight is 354 g/mol. The summed E-state index contributed by atoms with van der Waals surface area (Å²) < 4.78 is 2.11. The molecular weight excluding hydrogens is 336 g/mol. The second-order valence-electron chi connectivity index (χ2n) is 6.62. The lowest BCUT2D eigenvalue weighted by molar-refractivity contribution is -0.111. The monoisotopic (exact) mass is 354 g/mol. The highest BCUT2D eigenvalue weighted by Gasteiger charge is 2.43. The molecular formula is C22H18N4O. The number of rotatable bonds is 3. The first-order chi connectivity index (χ1) is 13.2. The minimum Gasteiger partial charge on any atom is -0.322 e. The molecule has 0 bridgehead atoms. The van der Waals surface area contributed by atoms with Crippen molar-refractivity contribution in [3.8, 4) is 0 Å². The predicted molar refractivity (Wildman–Crippen MR) is 107 cm³/mol. The second-order valence-corrected chi connectivity index (χ2v) is 6.62. The molecule has 0 radical (unpaired) electrons. The first kappa shape index (κ1) is 15.6. The Morgan fingerprint density at radius 2 is 1.63 bits per heavy atom. The van der Waals surface area contributed by atoms with E-state index < -0.39 is 0 Å². The normalized spacial score (nSPS) is 17.9. The van der Waals surface area contributed by atoms with Gasteiger partial charge in [0.1, 0.15) is 0 Å². The van der Waals surface area contributed by atoms with Crippen LogP contribution in [-0.4, -0.2) is 21.1 Å². The van der Waals surface area contributed by atoms with Crippen molar-refractivity contribution < 1.29 is 4.79 Å². The molecule has 1 unspecified atom stereocenters. The molecule has 0 fully saturated rings. The molecule has 27 heavy (non-hydrogen) atoms. The molecule has 1 aromatic heterocycles. The quantitative estimate of drug-likeness (QED) is 0.708. The number of aromatic nitrogens is 1. The highest BCUT2D eigenvalue weighted by molar-refractivity contribution is 6.40. The number of ketones is 1. The molecule has 0 spiro atoms. The van der Waals surface area contributed by atoms with Gasteiger partial charge in [-0.25, -0.2) is 5.01 Å². The van der Waals surface area contributed by atoms with Gasteiger partial charge < -0.3 is 4.57 Å².